The highest BCUT2D eigenvalue weighted by molar-refractivity contribution is 9.10. The minimum atomic E-state index is 0.503. The predicted molar refractivity (Wildman–Crippen MR) is 47.8 cm³/mol. The molecule has 0 amide bonds. The molecule has 10 heavy (non-hydrogen) atoms. The summed E-state index contributed by atoms with van der Waals surface area (Å²) in [4.78, 5) is 10.1. The molecule has 0 aliphatic rings. The number of rotatable bonds is 1. The Labute approximate surface area is 68.1 Å². The van der Waals surface area contributed by atoms with Crippen molar-refractivity contribution in [1.29, 1.82) is 0 Å². The number of hydrogen-bond acceptors (Lipinski definition) is 2. The second-order valence-corrected chi connectivity index (χ2v) is 2.94. The normalized spacial score (nSPS) is 9.30. The lowest BCUT2D eigenvalue weighted by atomic mass is 9.95. The van der Waals surface area contributed by atoms with Crippen molar-refractivity contribution in [3.05, 3.63) is 27.6 Å². The minimum absolute atomic E-state index is 0.503. The maximum Gasteiger partial charge on any atom is 0.142 e. The summed E-state index contributed by atoms with van der Waals surface area (Å²) in [7, 11) is 1.85. The maximum absolute atomic E-state index is 10.1. The van der Waals surface area contributed by atoms with Gasteiger partial charge in [-0.05, 0) is 17.3 Å². The van der Waals surface area contributed by atoms with Crippen molar-refractivity contribution in [2.45, 2.75) is 0 Å². The van der Waals surface area contributed by atoms with E-state index >= 15 is 0 Å². The Balaban J connectivity index is 3.19. The first-order valence-electron chi connectivity index (χ1n) is 2.83. The molecule has 0 aliphatic heterocycles. The average Bonchev–Trinajstić information content (AvgIpc) is 1.88. The molecule has 1 aromatic rings. The summed E-state index contributed by atoms with van der Waals surface area (Å²) in [5, 5.41) is 2.84. The Hall–Kier alpha value is -0.635. The lowest BCUT2D eigenvalue weighted by Gasteiger charge is -1.95. The summed E-state index contributed by atoms with van der Waals surface area (Å²) in [6.07, 6.45) is 0. The van der Waals surface area contributed by atoms with E-state index in [-0.39, 0.29) is 0 Å². The fourth-order valence-electron chi connectivity index (χ4n) is 0.721. The summed E-state index contributed by atoms with van der Waals surface area (Å²) in [5.74, 6) is 0. The van der Waals surface area contributed by atoms with Crippen molar-refractivity contribution in [1.82, 2.24) is 0 Å². The van der Waals surface area contributed by atoms with Crippen molar-refractivity contribution < 1.29 is 0 Å². The van der Waals surface area contributed by atoms with Gasteiger partial charge in [-0.3, -0.25) is 0 Å². The highest BCUT2D eigenvalue weighted by atomic mass is 79.9. The van der Waals surface area contributed by atoms with Gasteiger partial charge >= 0.3 is 0 Å². The van der Waals surface area contributed by atoms with Crippen LogP contribution in [0.15, 0.2) is 27.8 Å². The minimum Gasteiger partial charge on any atom is -0.145 e. The molecule has 0 heterocycles. The fourth-order valence-corrected chi connectivity index (χ4v) is 1.20. The Bertz CT molecular complexity index is 264. The van der Waals surface area contributed by atoms with Gasteiger partial charge in [-0.25, -0.2) is 0 Å². The Morgan fingerprint density at radius 2 is 2.20 bits per heavy atom. The zero-order valence-corrected chi connectivity index (χ0v) is 7.05. The van der Waals surface area contributed by atoms with Gasteiger partial charge in [0, 0.05) is 4.47 Å². The topological polar surface area (TPSA) is 29.4 Å². The van der Waals surface area contributed by atoms with Crippen LogP contribution in [0.25, 0.3) is 0 Å². The molecule has 0 bridgehead atoms. The molecule has 50 valence electrons. The molecule has 0 saturated heterocycles. The number of nitroso groups, excluding NO2 is 1. The Morgan fingerprint density at radius 3 is 2.70 bits per heavy atom. The van der Waals surface area contributed by atoms with Gasteiger partial charge in [-0.2, -0.15) is 0 Å². The Kier molecular flexibility index (Phi) is 2.22. The van der Waals surface area contributed by atoms with E-state index < -0.39 is 0 Å². The van der Waals surface area contributed by atoms with Crippen LogP contribution < -0.4 is 5.46 Å². The summed E-state index contributed by atoms with van der Waals surface area (Å²) in [5.41, 5.74) is 1.40. The molecule has 1 rings (SSSR count). The largest absolute Gasteiger partial charge is 0.145 e. The fraction of sp³-hybridized carbons (Fsp3) is 0. The smallest absolute Gasteiger partial charge is 0.142 e. The average molecular weight is 198 g/mol. The van der Waals surface area contributed by atoms with E-state index in [1.165, 1.54) is 0 Å². The highest BCUT2D eigenvalue weighted by Crippen LogP contribution is 2.12. The van der Waals surface area contributed by atoms with Crippen LogP contribution in [-0.4, -0.2) is 7.85 Å². The number of nitrogens with zero attached hydrogens (tertiary/aromatic N) is 1. The zero-order valence-electron chi connectivity index (χ0n) is 5.47. The van der Waals surface area contributed by atoms with Gasteiger partial charge in [0.2, 0.25) is 0 Å². The monoisotopic (exact) mass is 197 g/mol. The van der Waals surface area contributed by atoms with Gasteiger partial charge in [0.25, 0.3) is 0 Å². The molecule has 0 radical (unpaired) electrons. The molecule has 0 unspecified atom stereocenters. The van der Waals surface area contributed by atoms with Crippen LogP contribution in [-0.2, 0) is 0 Å². The van der Waals surface area contributed by atoms with Crippen molar-refractivity contribution in [2.24, 2.45) is 5.18 Å². The summed E-state index contributed by atoms with van der Waals surface area (Å²) >= 11 is 3.28. The van der Waals surface area contributed by atoms with Gasteiger partial charge in [-0.15, -0.1) is 4.91 Å². The highest BCUT2D eigenvalue weighted by Gasteiger charge is 1.96. The lowest BCUT2D eigenvalue weighted by molar-refractivity contribution is 1.52. The van der Waals surface area contributed by atoms with Crippen LogP contribution in [0.5, 0.6) is 0 Å². The van der Waals surface area contributed by atoms with Crippen LogP contribution >= 0.6 is 15.9 Å². The molecule has 0 N–H and O–H groups in total. The molecule has 0 saturated carbocycles. The molecule has 1 aromatic carbocycles. The number of benzene rings is 1. The first-order valence-corrected chi connectivity index (χ1v) is 3.63. The summed E-state index contributed by atoms with van der Waals surface area (Å²) in [6.45, 7) is 0. The SMILES string of the molecule is Bc1cc(Br)ccc1N=O. The summed E-state index contributed by atoms with van der Waals surface area (Å²) < 4.78 is 0.970. The first kappa shape index (κ1) is 7.47. The van der Waals surface area contributed by atoms with E-state index in [1.54, 1.807) is 12.1 Å². The van der Waals surface area contributed by atoms with Gasteiger partial charge in [-0.1, -0.05) is 27.5 Å². The van der Waals surface area contributed by atoms with Crippen molar-refractivity contribution in [3.8, 4) is 0 Å². The first-order chi connectivity index (χ1) is 4.74. The second kappa shape index (κ2) is 2.97. The quantitative estimate of drug-likeness (QED) is 0.490. The number of hydrogen-bond donors (Lipinski definition) is 0. The van der Waals surface area contributed by atoms with Crippen LogP contribution in [0, 0.1) is 4.91 Å². The summed E-state index contributed by atoms with van der Waals surface area (Å²) in [6, 6.07) is 5.34. The van der Waals surface area contributed by atoms with E-state index in [0.29, 0.717) is 5.69 Å². The zero-order chi connectivity index (χ0) is 7.56. The van der Waals surface area contributed by atoms with Crippen molar-refractivity contribution in [2.75, 3.05) is 0 Å². The molecule has 0 aliphatic carbocycles. The standard InChI is InChI=1S/C6H5BBrNO/c7-5-3-4(8)1-2-6(5)9-10/h1-3H,7H2. The number of halogens is 1. The van der Waals surface area contributed by atoms with Gasteiger partial charge < -0.3 is 0 Å². The molecule has 2 nitrogen and oxygen atoms in total. The van der Waals surface area contributed by atoms with Crippen molar-refractivity contribution >= 4 is 34.9 Å². The predicted octanol–water partition coefficient (Wildman–Crippen LogP) is 1.11. The molecule has 0 spiro atoms. The third kappa shape index (κ3) is 1.45. The van der Waals surface area contributed by atoms with Crippen LogP contribution in [0.4, 0.5) is 5.69 Å². The molecule has 0 fully saturated rings. The van der Waals surface area contributed by atoms with E-state index in [9.17, 15) is 4.91 Å². The molecule has 0 atom stereocenters. The molecule has 0 aromatic heterocycles. The van der Waals surface area contributed by atoms with E-state index in [4.69, 9.17) is 0 Å². The molecular weight excluding hydrogens is 193 g/mol. The lowest BCUT2D eigenvalue weighted by Crippen LogP contribution is -2.01. The maximum atomic E-state index is 10.1. The van der Waals surface area contributed by atoms with Crippen molar-refractivity contribution in [3.63, 3.8) is 0 Å². The van der Waals surface area contributed by atoms with Crippen LogP contribution in [0.3, 0.4) is 0 Å². The molecule has 4 heteroatoms. The van der Waals surface area contributed by atoms with Gasteiger partial charge in [0.1, 0.15) is 13.5 Å². The van der Waals surface area contributed by atoms with Crippen LogP contribution in [0.2, 0.25) is 0 Å². The molecular formula is C6H5BBrNO. The van der Waals surface area contributed by atoms with E-state index in [0.717, 1.165) is 9.94 Å². The Morgan fingerprint density at radius 1 is 1.50 bits per heavy atom. The van der Waals surface area contributed by atoms with Gasteiger partial charge in [0.15, 0.2) is 0 Å². The van der Waals surface area contributed by atoms with Crippen LogP contribution in [0.1, 0.15) is 0 Å². The van der Waals surface area contributed by atoms with Gasteiger partial charge in [0.05, 0.1) is 0 Å². The third-order valence-electron chi connectivity index (χ3n) is 1.26. The third-order valence-corrected chi connectivity index (χ3v) is 1.75. The van der Waals surface area contributed by atoms with E-state index in [2.05, 4.69) is 21.1 Å². The van der Waals surface area contributed by atoms with E-state index in [1.807, 2.05) is 13.9 Å². The second-order valence-electron chi connectivity index (χ2n) is 2.02.